The summed E-state index contributed by atoms with van der Waals surface area (Å²) < 4.78 is 11.1. The monoisotopic (exact) mass is 237 g/mol. The van der Waals surface area contributed by atoms with Gasteiger partial charge in [-0.1, -0.05) is 12.1 Å². The Kier molecular flexibility index (Phi) is 5.45. The maximum atomic E-state index is 5.80. The molecule has 0 amide bonds. The van der Waals surface area contributed by atoms with E-state index in [4.69, 9.17) is 15.2 Å². The van der Waals surface area contributed by atoms with Gasteiger partial charge in [0.25, 0.3) is 0 Å². The highest BCUT2D eigenvalue weighted by molar-refractivity contribution is 5.27. The lowest BCUT2D eigenvalue weighted by Gasteiger charge is -2.18. The van der Waals surface area contributed by atoms with Crippen LogP contribution in [0.3, 0.4) is 0 Å². The lowest BCUT2D eigenvalue weighted by molar-refractivity contribution is 0.0870. The number of rotatable bonds is 7. The zero-order valence-electron chi connectivity index (χ0n) is 11.0. The number of benzene rings is 1. The Balaban J connectivity index is 2.09. The Hall–Kier alpha value is -1.06. The minimum absolute atomic E-state index is 0.253. The summed E-state index contributed by atoms with van der Waals surface area (Å²) in [6.45, 7) is 7.91. The third-order valence-electron chi connectivity index (χ3n) is 2.17. The predicted molar refractivity (Wildman–Crippen MR) is 70.4 cm³/mol. The average Bonchev–Trinajstić information content (AvgIpc) is 2.22. The Morgan fingerprint density at radius 1 is 1.24 bits per heavy atom. The van der Waals surface area contributed by atoms with Crippen molar-refractivity contribution < 1.29 is 9.47 Å². The highest BCUT2D eigenvalue weighted by Crippen LogP contribution is 2.12. The normalized spacial score (nSPS) is 11.5. The molecule has 0 unspecified atom stereocenters. The first-order valence-electron chi connectivity index (χ1n) is 6.03. The maximum absolute atomic E-state index is 5.80. The second kappa shape index (κ2) is 6.62. The molecule has 0 radical (unpaired) electrons. The molecule has 1 aromatic rings. The van der Waals surface area contributed by atoms with E-state index in [0.29, 0.717) is 19.8 Å². The summed E-state index contributed by atoms with van der Waals surface area (Å²) in [7, 11) is 0. The highest BCUT2D eigenvalue weighted by atomic mass is 16.5. The number of hydrogen-bond acceptors (Lipinski definition) is 3. The summed E-state index contributed by atoms with van der Waals surface area (Å²) in [5.74, 6) is 0.921. The Morgan fingerprint density at radius 2 is 2.00 bits per heavy atom. The van der Waals surface area contributed by atoms with E-state index in [1.54, 1.807) is 0 Å². The molecule has 0 aliphatic carbocycles. The van der Waals surface area contributed by atoms with Crippen molar-refractivity contribution in [2.45, 2.75) is 32.7 Å². The van der Waals surface area contributed by atoms with Gasteiger partial charge in [0.2, 0.25) is 0 Å². The van der Waals surface area contributed by atoms with E-state index < -0.39 is 0 Å². The van der Waals surface area contributed by atoms with Crippen LogP contribution in [0.2, 0.25) is 0 Å². The van der Waals surface area contributed by atoms with Crippen LogP contribution in [0.5, 0.6) is 5.75 Å². The topological polar surface area (TPSA) is 44.5 Å². The zero-order chi connectivity index (χ0) is 12.7. The Bertz CT molecular complexity index is 331. The largest absolute Gasteiger partial charge is 0.493 e. The van der Waals surface area contributed by atoms with E-state index in [1.807, 2.05) is 32.0 Å². The Morgan fingerprint density at radius 3 is 2.65 bits per heavy atom. The molecule has 0 aromatic heterocycles. The van der Waals surface area contributed by atoms with Crippen LogP contribution in [0, 0.1) is 6.92 Å². The minimum Gasteiger partial charge on any atom is -0.493 e. The summed E-state index contributed by atoms with van der Waals surface area (Å²) in [4.78, 5) is 0. The van der Waals surface area contributed by atoms with Crippen LogP contribution in [0.1, 0.15) is 25.8 Å². The second-order valence-corrected chi connectivity index (χ2v) is 5.06. The van der Waals surface area contributed by atoms with Crippen LogP contribution in [0.25, 0.3) is 0 Å². The van der Waals surface area contributed by atoms with Crippen molar-refractivity contribution in [3.63, 3.8) is 0 Å². The van der Waals surface area contributed by atoms with Crippen molar-refractivity contribution in [2.75, 3.05) is 19.8 Å². The van der Waals surface area contributed by atoms with Gasteiger partial charge in [0.05, 0.1) is 13.2 Å². The van der Waals surface area contributed by atoms with Crippen molar-refractivity contribution in [1.82, 2.24) is 0 Å². The molecule has 0 bridgehead atoms. The van der Waals surface area contributed by atoms with E-state index in [0.717, 1.165) is 12.2 Å². The molecule has 96 valence electrons. The molecule has 0 saturated carbocycles. The lowest BCUT2D eigenvalue weighted by Crippen LogP contribution is -2.37. The molecule has 1 aromatic carbocycles. The van der Waals surface area contributed by atoms with Gasteiger partial charge in [-0.15, -0.1) is 0 Å². The van der Waals surface area contributed by atoms with Crippen LogP contribution >= 0.6 is 0 Å². The molecule has 2 N–H and O–H groups in total. The first-order valence-corrected chi connectivity index (χ1v) is 6.03. The van der Waals surface area contributed by atoms with Gasteiger partial charge in [0.15, 0.2) is 0 Å². The molecule has 0 atom stereocenters. The van der Waals surface area contributed by atoms with Crippen molar-refractivity contribution in [3.05, 3.63) is 29.8 Å². The van der Waals surface area contributed by atoms with Crippen molar-refractivity contribution in [1.29, 1.82) is 0 Å². The third kappa shape index (κ3) is 6.97. The molecule has 3 heteroatoms. The fourth-order valence-corrected chi connectivity index (χ4v) is 1.39. The fraction of sp³-hybridized carbons (Fsp3) is 0.571. The van der Waals surface area contributed by atoms with Gasteiger partial charge < -0.3 is 15.2 Å². The van der Waals surface area contributed by atoms with Gasteiger partial charge in [-0.05, 0) is 38.5 Å². The smallest absolute Gasteiger partial charge is 0.119 e. The zero-order valence-corrected chi connectivity index (χ0v) is 11.0. The van der Waals surface area contributed by atoms with Gasteiger partial charge >= 0.3 is 0 Å². The molecule has 0 aliphatic heterocycles. The van der Waals surface area contributed by atoms with Crippen LogP contribution in [-0.2, 0) is 4.74 Å². The average molecular weight is 237 g/mol. The SMILES string of the molecule is Cc1cccc(OCCCOCC(C)(C)N)c1. The van der Waals surface area contributed by atoms with Gasteiger partial charge in [0.1, 0.15) is 5.75 Å². The van der Waals surface area contributed by atoms with Gasteiger partial charge in [-0.3, -0.25) is 0 Å². The standard InChI is InChI=1S/C14H23NO2/c1-12-6-4-7-13(10-12)17-9-5-8-16-11-14(2,3)15/h4,6-7,10H,5,8-9,11,15H2,1-3H3. The van der Waals surface area contributed by atoms with Crippen LogP contribution in [0.4, 0.5) is 0 Å². The number of aryl methyl sites for hydroxylation is 1. The molecular weight excluding hydrogens is 214 g/mol. The van der Waals surface area contributed by atoms with Crippen LogP contribution < -0.4 is 10.5 Å². The van der Waals surface area contributed by atoms with Crippen molar-refractivity contribution in [2.24, 2.45) is 5.73 Å². The molecule has 17 heavy (non-hydrogen) atoms. The van der Waals surface area contributed by atoms with Gasteiger partial charge in [-0.2, -0.15) is 0 Å². The summed E-state index contributed by atoms with van der Waals surface area (Å²) in [5.41, 5.74) is 6.76. The molecule has 0 aliphatic rings. The van der Waals surface area contributed by atoms with Gasteiger partial charge in [-0.25, -0.2) is 0 Å². The van der Waals surface area contributed by atoms with Gasteiger partial charge in [0, 0.05) is 18.6 Å². The number of ether oxygens (including phenoxy) is 2. The summed E-state index contributed by atoms with van der Waals surface area (Å²) in [6.07, 6.45) is 0.879. The predicted octanol–water partition coefficient (Wildman–Crippen LogP) is 2.52. The molecule has 0 heterocycles. The van der Waals surface area contributed by atoms with E-state index in [1.165, 1.54) is 5.56 Å². The molecule has 0 fully saturated rings. The molecule has 1 rings (SSSR count). The summed E-state index contributed by atoms with van der Waals surface area (Å²) in [6, 6.07) is 8.05. The first-order chi connectivity index (χ1) is 7.97. The quantitative estimate of drug-likeness (QED) is 0.741. The Labute approximate surface area is 104 Å². The third-order valence-corrected chi connectivity index (χ3v) is 2.17. The number of nitrogens with two attached hydrogens (primary N) is 1. The fourth-order valence-electron chi connectivity index (χ4n) is 1.39. The summed E-state index contributed by atoms with van der Waals surface area (Å²) >= 11 is 0. The van der Waals surface area contributed by atoms with E-state index in [-0.39, 0.29) is 5.54 Å². The molecule has 3 nitrogen and oxygen atoms in total. The van der Waals surface area contributed by atoms with E-state index in [9.17, 15) is 0 Å². The van der Waals surface area contributed by atoms with Crippen LogP contribution in [-0.4, -0.2) is 25.4 Å². The van der Waals surface area contributed by atoms with E-state index in [2.05, 4.69) is 13.0 Å². The molecular formula is C14H23NO2. The number of hydrogen-bond donors (Lipinski definition) is 1. The lowest BCUT2D eigenvalue weighted by atomic mass is 10.1. The first kappa shape index (κ1) is 14.0. The highest BCUT2D eigenvalue weighted by Gasteiger charge is 2.09. The molecule has 0 spiro atoms. The molecule has 0 saturated heterocycles. The van der Waals surface area contributed by atoms with Crippen molar-refractivity contribution >= 4 is 0 Å². The van der Waals surface area contributed by atoms with Crippen LogP contribution in [0.15, 0.2) is 24.3 Å². The van der Waals surface area contributed by atoms with Crippen molar-refractivity contribution in [3.8, 4) is 5.75 Å². The van der Waals surface area contributed by atoms with E-state index >= 15 is 0 Å². The minimum atomic E-state index is -0.253. The maximum Gasteiger partial charge on any atom is 0.119 e. The summed E-state index contributed by atoms with van der Waals surface area (Å²) in [5, 5.41) is 0. The second-order valence-electron chi connectivity index (χ2n) is 5.06.